The van der Waals surface area contributed by atoms with E-state index in [1.807, 2.05) is 20.8 Å². The van der Waals surface area contributed by atoms with Gasteiger partial charge < -0.3 is 15.0 Å². The van der Waals surface area contributed by atoms with Crippen LogP contribution in [-0.2, 0) is 23.9 Å². The smallest absolute Gasteiger partial charge is 0.283 e. The Balaban J connectivity index is 1.63. The molecule has 1 saturated carbocycles. The van der Waals surface area contributed by atoms with Crippen LogP contribution in [0.2, 0.25) is 0 Å². The van der Waals surface area contributed by atoms with Crippen LogP contribution in [0.25, 0.3) is 27.7 Å². The molecule has 3 heterocycles. The van der Waals surface area contributed by atoms with Gasteiger partial charge in [-0.15, -0.1) is 0 Å². The van der Waals surface area contributed by atoms with Crippen molar-refractivity contribution in [3.63, 3.8) is 0 Å². The Labute approximate surface area is 221 Å². The van der Waals surface area contributed by atoms with Crippen LogP contribution in [0, 0.1) is 11.7 Å². The molecule has 0 saturated heterocycles. The van der Waals surface area contributed by atoms with Crippen LogP contribution in [0.5, 0.6) is 0 Å². The number of anilines is 1. The second-order valence-electron chi connectivity index (χ2n) is 10.8. The molecule has 2 N–H and O–H groups in total. The minimum atomic E-state index is -1.22. The fourth-order valence-corrected chi connectivity index (χ4v) is 4.52. The first kappa shape index (κ1) is 26.4. The number of nitrogens with zero attached hydrogens (tertiary/aromatic N) is 4. The van der Waals surface area contributed by atoms with Crippen molar-refractivity contribution in [3.05, 3.63) is 80.5 Å². The molecule has 0 aliphatic heterocycles. The van der Waals surface area contributed by atoms with Crippen molar-refractivity contribution in [2.75, 3.05) is 5.32 Å². The van der Waals surface area contributed by atoms with Gasteiger partial charge in [0.05, 0.1) is 24.1 Å². The first-order chi connectivity index (χ1) is 18.4. The van der Waals surface area contributed by atoms with Crippen LogP contribution < -0.4 is 16.4 Å². The van der Waals surface area contributed by atoms with Crippen molar-refractivity contribution >= 4 is 22.4 Å². The van der Waals surface area contributed by atoms with E-state index in [9.17, 15) is 23.9 Å². The number of pyridine rings is 2. The topological polar surface area (TPSA) is 119 Å². The van der Waals surface area contributed by atoms with Gasteiger partial charge in [0.15, 0.2) is 5.82 Å². The van der Waals surface area contributed by atoms with E-state index in [0.717, 1.165) is 4.68 Å². The number of fused-ring (bicyclic) bond motifs is 1. The Hall–Kier alpha value is -4.25. The first-order valence-corrected chi connectivity index (χ1v) is 12.4. The fraction of sp³-hybridized carbons (Fsp3) is 0.321. The number of hydrogen-bond acceptors (Lipinski definition) is 6. The van der Waals surface area contributed by atoms with Gasteiger partial charge in [0.25, 0.3) is 11.1 Å². The summed E-state index contributed by atoms with van der Waals surface area (Å²) in [6.07, 6.45) is 3.15. The van der Waals surface area contributed by atoms with Crippen LogP contribution in [0.1, 0.15) is 38.3 Å². The number of benzene rings is 1. The van der Waals surface area contributed by atoms with Gasteiger partial charge in [-0.1, -0.05) is 20.8 Å². The van der Waals surface area contributed by atoms with Crippen molar-refractivity contribution in [3.8, 4) is 16.9 Å². The van der Waals surface area contributed by atoms with Crippen LogP contribution in [0.15, 0.2) is 52.4 Å². The highest BCUT2D eigenvalue weighted by molar-refractivity contribution is 5.95. The summed E-state index contributed by atoms with van der Waals surface area (Å²) in [6.45, 7) is 5.24. The largest absolute Gasteiger partial charge is 0.392 e. The molecule has 202 valence electrons. The Bertz CT molecular complexity index is 1760. The molecule has 5 rings (SSSR count). The molecule has 39 heavy (non-hydrogen) atoms. The van der Waals surface area contributed by atoms with E-state index in [0.29, 0.717) is 22.1 Å². The number of carbonyl (C=O) groups is 1. The van der Waals surface area contributed by atoms with Gasteiger partial charge in [-0.25, -0.2) is 13.8 Å². The third-order valence-corrected chi connectivity index (χ3v) is 6.90. The SMILES string of the molecule is Cn1cc(-c2ccnc(-n3ncc4cc(C(C)(C)C)cc(F)c4c3=O)c2CO)cc(NC(=O)[C@H]2C[C@H]2F)c1=O. The fourth-order valence-electron chi connectivity index (χ4n) is 4.52. The lowest BCUT2D eigenvalue weighted by molar-refractivity contribution is -0.117. The highest BCUT2D eigenvalue weighted by atomic mass is 19.1. The standard InChI is InChI=1S/C28H27F2N5O4/c1-28(2,3)16-7-14-11-32-35(27(39)23(14)21(30)9-16)24-19(13-36)17(5-6-31-24)15-8-22(26(38)34(4)12-15)33-25(37)18-10-20(18)29/h5-9,11-12,18,20,36H,10,13H2,1-4H3,(H,33,37)/t18-,20+/m0/s1. The van der Waals surface area contributed by atoms with Crippen LogP contribution >= 0.6 is 0 Å². The van der Waals surface area contributed by atoms with E-state index in [1.54, 1.807) is 12.1 Å². The molecule has 1 aliphatic carbocycles. The lowest BCUT2D eigenvalue weighted by Crippen LogP contribution is -2.26. The predicted octanol–water partition coefficient (Wildman–Crippen LogP) is 3.37. The Morgan fingerprint density at radius 1 is 1.21 bits per heavy atom. The minimum Gasteiger partial charge on any atom is -0.392 e. The maximum absolute atomic E-state index is 15.2. The molecule has 1 amide bonds. The number of aryl methyl sites for hydroxylation is 1. The summed E-state index contributed by atoms with van der Waals surface area (Å²) < 4.78 is 30.7. The Morgan fingerprint density at radius 3 is 2.56 bits per heavy atom. The normalized spacial score (nSPS) is 16.9. The molecule has 1 fully saturated rings. The second-order valence-corrected chi connectivity index (χ2v) is 10.8. The van der Waals surface area contributed by atoms with Crippen molar-refractivity contribution in [2.45, 2.75) is 45.4 Å². The number of alkyl halides is 1. The number of halogens is 2. The molecule has 0 spiro atoms. The molecular formula is C28H27F2N5O4. The molecule has 0 unspecified atom stereocenters. The molecule has 1 aromatic carbocycles. The number of nitrogens with one attached hydrogen (secondary N) is 1. The predicted molar refractivity (Wildman–Crippen MR) is 142 cm³/mol. The summed E-state index contributed by atoms with van der Waals surface area (Å²) in [5.74, 6) is -2.08. The minimum absolute atomic E-state index is 0.0149. The molecule has 0 bridgehead atoms. The average Bonchev–Trinajstić information content (AvgIpc) is 3.62. The average molecular weight is 536 g/mol. The van der Waals surface area contributed by atoms with Crippen molar-refractivity contribution in [2.24, 2.45) is 13.0 Å². The highest BCUT2D eigenvalue weighted by Gasteiger charge is 2.43. The summed E-state index contributed by atoms with van der Waals surface area (Å²) in [6, 6.07) is 6.04. The van der Waals surface area contributed by atoms with E-state index in [1.165, 1.54) is 42.3 Å². The van der Waals surface area contributed by atoms with Gasteiger partial charge in [-0.3, -0.25) is 14.4 Å². The number of amides is 1. The quantitative estimate of drug-likeness (QED) is 0.405. The van der Waals surface area contributed by atoms with Gasteiger partial charge in [0, 0.05) is 36.0 Å². The molecule has 3 aromatic heterocycles. The van der Waals surface area contributed by atoms with Gasteiger partial charge in [0.1, 0.15) is 17.7 Å². The van der Waals surface area contributed by atoms with Gasteiger partial charge in [-0.2, -0.15) is 9.78 Å². The third kappa shape index (κ3) is 4.74. The van der Waals surface area contributed by atoms with Gasteiger partial charge in [-0.05, 0) is 47.2 Å². The summed E-state index contributed by atoms with van der Waals surface area (Å²) in [4.78, 5) is 42.6. The molecule has 11 heteroatoms. The highest BCUT2D eigenvalue weighted by Crippen LogP contribution is 2.35. The molecule has 0 radical (unpaired) electrons. The number of aliphatic hydroxyl groups is 1. The summed E-state index contributed by atoms with van der Waals surface area (Å²) >= 11 is 0. The lowest BCUT2D eigenvalue weighted by Gasteiger charge is -2.20. The van der Waals surface area contributed by atoms with Crippen LogP contribution in [-0.4, -0.2) is 36.5 Å². The molecule has 2 atom stereocenters. The van der Waals surface area contributed by atoms with Crippen LogP contribution in [0.4, 0.5) is 14.5 Å². The van der Waals surface area contributed by atoms with Crippen molar-refractivity contribution in [1.29, 1.82) is 0 Å². The zero-order valence-corrected chi connectivity index (χ0v) is 21.8. The maximum Gasteiger partial charge on any atom is 0.283 e. The van der Waals surface area contributed by atoms with Crippen LogP contribution in [0.3, 0.4) is 0 Å². The number of rotatable bonds is 5. The van der Waals surface area contributed by atoms with E-state index in [2.05, 4.69) is 15.4 Å². The summed E-state index contributed by atoms with van der Waals surface area (Å²) in [7, 11) is 1.49. The second kappa shape index (κ2) is 9.49. The van der Waals surface area contributed by atoms with Crippen molar-refractivity contribution < 1.29 is 18.7 Å². The lowest BCUT2D eigenvalue weighted by atomic mass is 9.86. The zero-order chi connectivity index (χ0) is 28.2. The first-order valence-electron chi connectivity index (χ1n) is 12.4. The van der Waals surface area contributed by atoms with Gasteiger partial charge in [0.2, 0.25) is 5.91 Å². The number of hydrogen-bond donors (Lipinski definition) is 2. The maximum atomic E-state index is 15.2. The number of aromatic nitrogens is 4. The molecule has 9 nitrogen and oxygen atoms in total. The summed E-state index contributed by atoms with van der Waals surface area (Å²) in [5.41, 5.74) is 0.0831. The van der Waals surface area contributed by atoms with Gasteiger partial charge >= 0.3 is 0 Å². The van der Waals surface area contributed by atoms with E-state index in [4.69, 9.17) is 0 Å². The summed E-state index contributed by atoms with van der Waals surface area (Å²) in [5, 5.41) is 17.2. The Kier molecular flexibility index (Phi) is 6.42. The van der Waals surface area contributed by atoms with E-state index in [-0.39, 0.29) is 34.3 Å². The van der Waals surface area contributed by atoms with E-state index < -0.39 is 41.5 Å². The molecular weight excluding hydrogens is 508 g/mol. The molecule has 4 aromatic rings. The van der Waals surface area contributed by atoms with Crippen molar-refractivity contribution in [1.82, 2.24) is 19.3 Å². The molecule has 1 aliphatic rings. The van der Waals surface area contributed by atoms with E-state index >= 15 is 4.39 Å². The Morgan fingerprint density at radius 2 is 1.92 bits per heavy atom. The zero-order valence-electron chi connectivity index (χ0n) is 21.8. The monoisotopic (exact) mass is 535 g/mol. The third-order valence-electron chi connectivity index (χ3n) is 6.90. The number of carbonyl (C=O) groups excluding carboxylic acids is 1. The number of aliphatic hydroxyl groups excluding tert-OH is 1.